The third-order valence-corrected chi connectivity index (χ3v) is 1.56. The maximum absolute atomic E-state index is 10.9. The molecule has 0 saturated carbocycles. The van der Waals surface area contributed by atoms with Crippen molar-refractivity contribution in [2.45, 2.75) is 0 Å². The van der Waals surface area contributed by atoms with E-state index in [1.807, 2.05) is 0 Å². The van der Waals surface area contributed by atoms with E-state index in [2.05, 4.69) is 4.98 Å². The number of pyridine rings is 1. The fourth-order valence-corrected chi connectivity index (χ4v) is 1.01. The Morgan fingerprint density at radius 2 is 2.21 bits per heavy atom. The fourth-order valence-electron chi connectivity index (χ4n) is 1.01. The Kier molecular flexibility index (Phi) is 3.23. The van der Waals surface area contributed by atoms with Gasteiger partial charge in [0.1, 0.15) is 5.57 Å². The highest BCUT2D eigenvalue weighted by Gasteiger charge is 2.10. The minimum Gasteiger partial charge on any atom is -0.478 e. The number of carboxylic acids is 1. The van der Waals surface area contributed by atoms with E-state index in [-0.39, 0.29) is 5.57 Å². The lowest BCUT2D eigenvalue weighted by atomic mass is 10.2. The van der Waals surface area contributed by atoms with Gasteiger partial charge >= 0.3 is 5.97 Å². The monoisotopic (exact) mass is 192 g/mol. The van der Waals surface area contributed by atoms with Crippen LogP contribution < -0.4 is 0 Å². The summed E-state index contributed by atoms with van der Waals surface area (Å²) in [6.07, 6.45) is 3.10. The maximum Gasteiger partial charge on any atom is 0.339 e. The molecule has 0 fully saturated rings. The summed E-state index contributed by atoms with van der Waals surface area (Å²) in [6.45, 7) is 0. The lowest BCUT2D eigenvalue weighted by Gasteiger charge is -2.07. The molecular formula is C10H12N2O2. The van der Waals surface area contributed by atoms with Crippen LogP contribution in [0.25, 0.3) is 5.57 Å². The zero-order valence-electron chi connectivity index (χ0n) is 8.14. The van der Waals surface area contributed by atoms with Gasteiger partial charge in [-0.25, -0.2) is 4.79 Å². The molecule has 14 heavy (non-hydrogen) atoms. The summed E-state index contributed by atoms with van der Waals surface area (Å²) >= 11 is 0. The number of rotatable bonds is 3. The second kappa shape index (κ2) is 4.41. The molecule has 1 aromatic rings. The Labute approximate surface area is 82.5 Å². The van der Waals surface area contributed by atoms with Crippen molar-refractivity contribution in [2.24, 2.45) is 0 Å². The molecule has 1 rings (SSSR count). The van der Waals surface area contributed by atoms with Gasteiger partial charge in [-0.3, -0.25) is 4.98 Å². The van der Waals surface area contributed by atoms with Gasteiger partial charge < -0.3 is 10.0 Å². The van der Waals surface area contributed by atoms with E-state index < -0.39 is 5.97 Å². The van der Waals surface area contributed by atoms with Crippen LogP contribution in [0.15, 0.2) is 30.6 Å². The molecule has 0 atom stereocenters. The van der Waals surface area contributed by atoms with Crippen LogP contribution >= 0.6 is 0 Å². The first-order valence-corrected chi connectivity index (χ1v) is 4.14. The zero-order valence-corrected chi connectivity index (χ0v) is 8.14. The second-order valence-electron chi connectivity index (χ2n) is 3.03. The normalized spacial score (nSPS) is 11.1. The van der Waals surface area contributed by atoms with Crippen LogP contribution in [0.4, 0.5) is 0 Å². The first-order chi connectivity index (χ1) is 6.61. The van der Waals surface area contributed by atoms with Crippen molar-refractivity contribution in [1.29, 1.82) is 0 Å². The van der Waals surface area contributed by atoms with Crippen molar-refractivity contribution >= 4 is 11.5 Å². The van der Waals surface area contributed by atoms with Crippen LogP contribution in [-0.4, -0.2) is 35.1 Å². The molecule has 1 N–H and O–H groups in total. The molecule has 0 saturated heterocycles. The average Bonchev–Trinajstić information content (AvgIpc) is 2.15. The summed E-state index contributed by atoms with van der Waals surface area (Å²) in [5.41, 5.74) is 0.657. The van der Waals surface area contributed by atoms with Gasteiger partial charge in [-0.1, -0.05) is 6.07 Å². The lowest BCUT2D eigenvalue weighted by Crippen LogP contribution is -2.08. The molecule has 1 aromatic heterocycles. The van der Waals surface area contributed by atoms with Crippen LogP contribution in [-0.2, 0) is 4.79 Å². The molecule has 4 heteroatoms. The van der Waals surface area contributed by atoms with Crippen molar-refractivity contribution in [2.75, 3.05) is 14.1 Å². The topological polar surface area (TPSA) is 53.4 Å². The largest absolute Gasteiger partial charge is 0.478 e. The van der Waals surface area contributed by atoms with E-state index in [0.717, 1.165) is 0 Å². The third kappa shape index (κ3) is 2.58. The van der Waals surface area contributed by atoms with Crippen LogP contribution in [0.3, 0.4) is 0 Å². The lowest BCUT2D eigenvalue weighted by molar-refractivity contribution is -0.130. The predicted octanol–water partition coefficient (Wildman–Crippen LogP) is 1.07. The SMILES string of the molecule is CN(C)/C=C(/C(=O)O)c1ccccn1. The van der Waals surface area contributed by atoms with Gasteiger partial charge in [0.25, 0.3) is 0 Å². The third-order valence-electron chi connectivity index (χ3n) is 1.56. The average molecular weight is 192 g/mol. The van der Waals surface area contributed by atoms with Crippen molar-refractivity contribution in [3.63, 3.8) is 0 Å². The Morgan fingerprint density at radius 1 is 1.50 bits per heavy atom. The van der Waals surface area contributed by atoms with Gasteiger partial charge in [0.05, 0.1) is 5.69 Å². The predicted molar refractivity (Wildman–Crippen MR) is 53.5 cm³/mol. The molecule has 0 aliphatic heterocycles. The minimum absolute atomic E-state index is 0.190. The summed E-state index contributed by atoms with van der Waals surface area (Å²) in [6, 6.07) is 5.18. The number of carboxylic acid groups (broad SMARTS) is 1. The number of nitrogens with zero attached hydrogens (tertiary/aromatic N) is 2. The van der Waals surface area contributed by atoms with Gasteiger partial charge in [-0.2, -0.15) is 0 Å². The van der Waals surface area contributed by atoms with Gasteiger partial charge in [-0.05, 0) is 12.1 Å². The van der Waals surface area contributed by atoms with Crippen molar-refractivity contribution < 1.29 is 9.90 Å². The van der Waals surface area contributed by atoms with Crippen molar-refractivity contribution in [1.82, 2.24) is 9.88 Å². The van der Waals surface area contributed by atoms with E-state index >= 15 is 0 Å². The molecule has 0 spiro atoms. The van der Waals surface area contributed by atoms with E-state index in [1.54, 1.807) is 43.4 Å². The Bertz CT molecular complexity index is 344. The highest BCUT2D eigenvalue weighted by molar-refractivity contribution is 6.14. The van der Waals surface area contributed by atoms with E-state index in [4.69, 9.17) is 5.11 Å². The minimum atomic E-state index is -0.975. The van der Waals surface area contributed by atoms with Gasteiger partial charge in [0, 0.05) is 26.5 Å². The summed E-state index contributed by atoms with van der Waals surface area (Å²) in [4.78, 5) is 16.6. The highest BCUT2D eigenvalue weighted by atomic mass is 16.4. The number of aromatic nitrogens is 1. The van der Waals surface area contributed by atoms with Crippen LogP contribution in [0, 0.1) is 0 Å². The molecule has 4 nitrogen and oxygen atoms in total. The molecule has 0 radical (unpaired) electrons. The zero-order chi connectivity index (χ0) is 10.6. The Balaban J connectivity index is 3.08. The second-order valence-corrected chi connectivity index (χ2v) is 3.03. The first-order valence-electron chi connectivity index (χ1n) is 4.14. The van der Waals surface area contributed by atoms with Crippen LogP contribution in [0.1, 0.15) is 5.69 Å². The molecule has 74 valence electrons. The molecular weight excluding hydrogens is 180 g/mol. The maximum atomic E-state index is 10.9. The Hall–Kier alpha value is -1.84. The molecule has 1 heterocycles. The highest BCUT2D eigenvalue weighted by Crippen LogP contribution is 2.11. The first kappa shape index (κ1) is 10.2. The van der Waals surface area contributed by atoms with E-state index in [1.165, 1.54) is 6.20 Å². The van der Waals surface area contributed by atoms with Gasteiger partial charge in [0.15, 0.2) is 0 Å². The molecule has 0 aliphatic rings. The van der Waals surface area contributed by atoms with Crippen molar-refractivity contribution in [3.8, 4) is 0 Å². The molecule has 0 unspecified atom stereocenters. The summed E-state index contributed by atoms with van der Waals surface area (Å²) in [7, 11) is 3.54. The van der Waals surface area contributed by atoms with Crippen LogP contribution in [0.2, 0.25) is 0 Å². The fraction of sp³-hybridized carbons (Fsp3) is 0.200. The summed E-state index contributed by atoms with van der Waals surface area (Å²) in [5.74, 6) is -0.975. The van der Waals surface area contributed by atoms with E-state index in [0.29, 0.717) is 5.69 Å². The molecule has 0 aliphatic carbocycles. The number of carbonyl (C=O) groups is 1. The standard InChI is InChI=1S/C10H12N2O2/c1-12(2)7-8(10(13)14)9-5-3-4-6-11-9/h3-7H,1-2H3,(H,13,14)/b8-7+. The smallest absolute Gasteiger partial charge is 0.339 e. The molecule has 0 amide bonds. The Morgan fingerprint density at radius 3 is 2.64 bits per heavy atom. The molecule has 0 aromatic carbocycles. The van der Waals surface area contributed by atoms with Gasteiger partial charge in [-0.15, -0.1) is 0 Å². The van der Waals surface area contributed by atoms with E-state index in [9.17, 15) is 4.79 Å². The molecule has 0 bridgehead atoms. The number of hydrogen-bond donors (Lipinski definition) is 1. The number of hydrogen-bond acceptors (Lipinski definition) is 3. The summed E-state index contributed by atoms with van der Waals surface area (Å²) < 4.78 is 0. The summed E-state index contributed by atoms with van der Waals surface area (Å²) in [5, 5.41) is 8.94. The number of aliphatic carboxylic acids is 1. The van der Waals surface area contributed by atoms with Crippen LogP contribution in [0.5, 0.6) is 0 Å². The van der Waals surface area contributed by atoms with Gasteiger partial charge in [0.2, 0.25) is 0 Å². The van der Waals surface area contributed by atoms with Crippen molar-refractivity contribution in [3.05, 3.63) is 36.3 Å². The quantitative estimate of drug-likeness (QED) is 0.728.